The lowest BCUT2D eigenvalue weighted by Crippen LogP contribution is -2.22. The van der Waals surface area contributed by atoms with Crippen LogP contribution in [0.15, 0.2) is 66.7 Å². The molecule has 0 saturated carbocycles. The molecule has 0 saturated heterocycles. The Kier molecular flexibility index (Phi) is 4.26. The maximum Gasteiger partial charge on any atom is 0.0326 e. The zero-order valence-corrected chi connectivity index (χ0v) is 13.6. The van der Waals surface area contributed by atoms with E-state index in [4.69, 9.17) is 0 Å². The third-order valence-corrected chi connectivity index (χ3v) is 4.49. The summed E-state index contributed by atoms with van der Waals surface area (Å²) in [5.41, 5.74) is 4.07. The zero-order chi connectivity index (χ0) is 15.5. The van der Waals surface area contributed by atoms with Gasteiger partial charge in [-0.05, 0) is 42.8 Å². The highest BCUT2D eigenvalue weighted by Gasteiger charge is 2.14. The van der Waals surface area contributed by atoms with Gasteiger partial charge < -0.3 is 0 Å². The molecule has 3 rings (SSSR count). The molecule has 0 unspecified atom stereocenters. The lowest BCUT2D eigenvalue weighted by Gasteiger charge is -2.26. The van der Waals surface area contributed by atoms with Gasteiger partial charge in [-0.1, -0.05) is 72.3 Å². The van der Waals surface area contributed by atoms with Crippen LogP contribution < -0.4 is 0 Å². The molecule has 0 heterocycles. The SMILES string of the molecule is Cc1ccc(CN(C)[C@H](C)c2cccc3ccccc23)cc1. The van der Waals surface area contributed by atoms with Crippen molar-refractivity contribution in [3.63, 3.8) is 0 Å². The molecule has 3 aromatic rings. The molecule has 0 bridgehead atoms. The van der Waals surface area contributed by atoms with Gasteiger partial charge in [0.1, 0.15) is 0 Å². The van der Waals surface area contributed by atoms with E-state index in [9.17, 15) is 0 Å². The number of hydrogen-bond donors (Lipinski definition) is 0. The number of hydrogen-bond acceptors (Lipinski definition) is 1. The molecule has 0 amide bonds. The lowest BCUT2D eigenvalue weighted by molar-refractivity contribution is 0.254. The average molecular weight is 289 g/mol. The quantitative estimate of drug-likeness (QED) is 0.626. The summed E-state index contributed by atoms with van der Waals surface area (Å²) < 4.78 is 0. The van der Waals surface area contributed by atoms with Gasteiger partial charge >= 0.3 is 0 Å². The van der Waals surface area contributed by atoms with E-state index in [0.717, 1.165) is 6.54 Å². The number of fused-ring (bicyclic) bond motifs is 1. The molecule has 0 aliphatic heterocycles. The molecule has 0 N–H and O–H groups in total. The Morgan fingerprint density at radius 3 is 2.32 bits per heavy atom. The zero-order valence-electron chi connectivity index (χ0n) is 13.6. The minimum atomic E-state index is 0.382. The van der Waals surface area contributed by atoms with E-state index in [2.05, 4.69) is 92.5 Å². The minimum absolute atomic E-state index is 0.382. The van der Waals surface area contributed by atoms with Gasteiger partial charge in [-0.2, -0.15) is 0 Å². The molecule has 3 aromatic carbocycles. The van der Waals surface area contributed by atoms with Gasteiger partial charge in [0.15, 0.2) is 0 Å². The van der Waals surface area contributed by atoms with Crippen molar-refractivity contribution in [2.24, 2.45) is 0 Å². The molecular weight excluding hydrogens is 266 g/mol. The van der Waals surface area contributed by atoms with Crippen molar-refractivity contribution in [1.29, 1.82) is 0 Å². The topological polar surface area (TPSA) is 3.24 Å². The molecule has 112 valence electrons. The van der Waals surface area contributed by atoms with Crippen molar-refractivity contribution in [2.45, 2.75) is 26.4 Å². The first-order valence-electron chi connectivity index (χ1n) is 7.88. The Morgan fingerprint density at radius 1 is 0.864 bits per heavy atom. The fourth-order valence-corrected chi connectivity index (χ4v) is 2.97. The third-order valence-electron chi connectivity index (χ3n) is 4.49. The Bertz CT molecular complexity index is 753. The Labute approximate surface area is 133 Å². The summed E-state index contributed by atoms with van der Waals surface area (Å²) >= 11 is 0. The molecule has 0 fully saturated rings. The van der Waals surface area contributed by atoms with Gasteiger partial charge in [-0.15, -0.1) is 0 Å². The summed E-state index contributed by atoms with van der Waals surface area (Å²) in [6, 6.07) is 24.4. The van der Waals surface area contributed by atoms with Crippen LogP contribution >= 0.6 is 0 Å². The normalized spacial score (nSPS) is 12.7. The van der Waals surface area contributed by atoms with Crippen LogP contribution in [0.5, 0.6) is 0 Å². The summed E-state index contributed by atoms with van der Waals surface area (Å²) in [6.45, 7) is 5.38. The van der Waals surface area contributed by atoms with Crippen LogP contribution in [0.2, 0.25) is 0 Å². The maximum atomic E-state index is 2.41. The summed E-state index contributed by atoms with van der Waals surface area (Å²) in [5.74, 6) is 0. The second-order valence-corrected chi connectivity index (χ2v) is 6.15. The van der Waals surface area contributed by atoms with Crippen molar-refractivity contribution in [2.75, 3.05) is 7.05 Å². The molecule has 0 radical (unpaired) electrons. The molecule has 0 aliphatic rings. The number of rotatable bonds is 4. The van der Waals surface area contributed by atoms with Crippen LogP contribution in [0, 0.1) is 6.92 Å². The van der Waals surface area contributed by atoms with E-state index < -0.39 is 0 Å². The number of aryl methyl sites for hydroxylation is 1. The summed E-state index contributed by atoms with van der Waals surface area (Å²) in [7, 11) is 2.20. The van der Waals surface area contributed by atoms with Gasteiger partial charge in [0.05, 0.1) is 0 Å². The molecule has 0 aliphatic carbocycles. The van der Waals surface area contributed by atoms with Crippen molar-refractivity contribution >= 4 is 10.8 Å². The van der Waals surface area contributed by atoms with E-state index in [1.165, 1.54) is 27.5 Å². The predicted molar refractivity (Wildman–Crippen MR) is 95.0 cm³/mol. The van der Waals surface area contributed by atoms with E-state index in [-0.39, 0.29) is 0 Å². The highest BCUT2D eigenvalue weighted by atomic mass is 15.1. The lowest BCUT2D eigenvalue weighted by atomic mass is 9.98. The first-order chi connectivity index (χ1) is 10.6. The average Bonchev–Trinajstić information content (AvgIpc) is 2.55. The van der Waals surface area contributed by atoms with Gasteiger partial charge in [-0.25, -0.2) is 0 Å². The first kappa shape index (κ1) is 14.8. The second-order valence-electron chi connectivity index (χ2n) is 6.15. The van der Waals surface area contributed by atoms with E-state index in [1.54, 1.807) is 0 Å². The number of benzene rings is 3. The summed E-state index contributed by atoms with van der Waals surface area (Å²) in [4.78, 5) is 2.41. The number of nitrogens with zero attached hydrogens (tertiary/aromatic N) is 1. The van der Waals surface area contributed by atoms with E-state index in [1.807, 2.05) is 0 Å². The van der Waals surface area contributed by atoms with Crippen LogP contribution in [0.3, 0.4) is 0 Å². The van der Waals surface area contributed by atoms with Crippen molar-refractivity contribution in [1.82, 2.24) is 4.90 Å². The largest absolute Gasteiger partial charge is 0.295 e. The third kappa shape index (κ3) is 3.05. The smallest absolute Gasteiger partial charge is 0.0326 e. The maximum absolute atomic E-state index is 2.41. The highest BCUT2D eigenvalue weighted by molar-refractivity contribution is 5.86. The van der Waals surface area contributed by atoms with Crippen molar-refractivity contribution in [3.8, 4) is 0 Å². The standard InChI is InChI=1S/C21H23N/c1-16-11-13-18(14-12-16)15-22(3)17(2)20-10-6-8-19-7-4-5-9-21(19)20/h4-14,17H,15H2,1-3H3/t17-/m1/s1. The molecule has 1 nitrogen and oxygen atoms in total. The Morgan fingerprint density at radius 2 is 1.55 bits per heavy atom. The minimum Gasteiger partial charge on any atom is -0.295 e. The molecule has 1 atom stereocenters. The fraction of sp³-hybridized carbons (Fsp3) is 0.238. The molecule has 1 heteroatoms. The molecular formula is C21H23N. The van der Waals surface area contributed by atoms with Crippen LogP contribution in [-0.2, 0) is 6.54 Å². The highest BCUT2D eigenvalue weighted by Crippen LogP contribution is 2.28. The molecule has 0 spiro atoms. The molecule has 0 aromatic heterocycles. The monoisotopic (exact) mass is 289 g/mol. The van der Waals surface area contributed by atoms with Gasteiger partial charge in [-0.3, -0.25) is 4.90 Å². The molecule has 22 heavy (non-hydrogen) atoms. The van der Waals surface area contributed by atoms with Crippen molar-refractivity contribution in [3.05, 3.63) is 83.4 Å². The fourth-order valence-electron chi connectivity index (χ4n) is 2.97. The summed E-state index contributed by atoms with van der Waals surface area (Å²) in [6.07, 6.45) is 0. The van der Waals surface area contributed by atoms with Crippen molar-refractivity contribution < 1.29 is 0 Å². The van der Waals surface area contributed by atoms with Gasteiger partial charge in [0.2, 0.25) is 0 Å². The Balaban J connectivity index is 1.85. The van der Waals surface area contributed by atoms with Gasteiger partial charge in [0, 0.05) is 12.6 Å². The van der Waals surface area contributed by atoms with Gasteiger partial charge in [0.25, 0.3) is 0 Å². The van der Waals surface area contributed by atoms with E-state index >= 15 is 0 Å². The Hall–Kier alpha value is -2.12. The van der Waals surface area contributed by atoms with Crippen LogP contribution in [0.25, 0.3) is 10.8 Å². The van der Waals surface area contributed by atoms with E-state index in [0.29, 0.717) is 6.04 Å². The summed E-state index contributed by atoms with van der Waals surface area (Å²) in [5, 5.41) is 2.67. The second kappa shape index (κ2) is 6.33. The first-order valence-corrected chi connectivity index (χ1v) is 7.88. The predicted octanol–water partition coefficient (Wildman–Crippen LogP) is 5.34. The van der Waals surface area contributed by atoms with Crippen LogP contribution in [0.1, 0.15) is 29.7 Å². The van der Waals surface area contributed by atoms with Crippen LogP contribution in [0.4, 0.5) is 0 Å². The van der Waals surface area contributed by atoms with Crippen LogP contribution in [-0.4, -0.2) is 11.9 Å².